The molecule has 1 heterocycles. The predicted octanol–water partition coefficient (Wildman–Crippen LogP) is 4.36. The van der Waals surface area contributed by atoms with Crippen LogP contribution in [0.1, 0.15) is 55.1 Å². The van der Waals surface area contributed by atoms with Gasteiger partial charge in [-0.2, -0.15) is 13.2 Å². The minimum absolute atomic E-state index is 0.0768. The number of esters is 1. The number of rotatable bonds is 10. The SMILES string of the molecule is CCOC(=O)C(Cc1ccc(NC(=O)c2cc(NC3=NCCCN3)cc(C(F)(F)F)c2)cc1)NC(=O)CC(C)C. The van der Waals surface area contributed by atoms with Gasteiger partial charge in [0.2, 0.25) is 5.91 Å². The Morgan fingerprint density at radius 2 is 1.80 bits per heavy atom. The molecule has 40 heavy (non-hydrogen) atoms. The molecule has 0 spiro atoms. The summed E-state index contributed by atoms with van der Waals surface area (Å²) in [6, 6.07) is 8.59. The minimum Gasteiger partial charge on any atom is -0.464 e. The fourth-order valence-corrected chi connectivity index (χ4v) is 3.97. The summed E-state index contributed by atoms with van der Waals surface area (Å²) < 4.78 is 45.7. The third-order valence-electron chi connectivity index (χ3n) is 5.83. The van der Waals surface area contributed by atoms with Crippen molar-refractivity contribution in [1.29, 1.82) is 0 Å². The molecule has 1 atom stereocenters. The quantitative estimate of drug-likeness (QED) is 0.320. The first-order valence-corrected chi connectivity index (χ1v) is 13.1. The van der Waals surface area contributed by atoms with E-state index in [9.17, 15) is 27.6 Å². The summed E-state index contributed by atoms with van der Waals surface area (Å²) in [5.74, 6) is -1.09. The zero-order valence-corrected chi connectivity index (χ0v) is 22.7. The third kappa shape index (κ3) is 9.28. The van der Waals surface area contributed by atoms with E-state index in [2.05, 4.69) is 26.3 Å². The Kier molecular flexibility index (Phi) is 10.5. The summed E-state index contributed by atoms with van der Waals surface area (Å²) in [4.78, 5) is 41.7. The van der Waals surface area contributed by atoms with Gasteiger partial charge in [0.05, 0.1) is 12.2 Å². The van der Waals surface area contributed by atoms with Crippen LogP contribution >= 0.6 is 0 Å². The molecule has 1 aliphatic rings. The second kappa shape index (κ2) is 13.8. The Labute approximate surface area is 231 Å². The highest BCUT2D eigenvalue weighted by molar-refractivity contribution is 6.05. The lowest BCUT2D eigenvalue weighted by Crippen LogP contribution is -2.43. The van der Waals surface area contributed by atoms with Gasteiger partial charge in [0, 0.05) is 42.9 Å². The molecular formula is C28H34F3N5O4. The van der Waals surface area contributed by atoms with Crippen molar-refractivity contribution >= 4 is 35.1 Å². The smallest absolute Gasteiger partial charge is 0.416 e. The summed E-state index contributed by atoms with van der Waals surface area (Å²) in [7, 11) is 0. The van der Waals surface area contributed by atoms with E-state index in [1.165, 1.54) is 6.07 Å². The molecule has 0 radical (unpaired) electrons. The van der Waals surface area contributed by atoms with Crippen molar-refractivity contribution in [2.24, 2.45) is 10.9 Å². The molecule has 4 N–H and O–H groups in total. The number of halogens is 3. The second-order valence-electron chi connectivity index (χ2n) is 9.76. The highest BCUT2D eigenvalue weighted by Gasteiger charge is 2.32. The number of alkyl halides is 3. The van der Waals surface area contributed by atoms with Crippen LogP contribution in [0.4, 0.5) is 24.5 Å². The largest absolute Gasteiger partial charge is 0.464 e. The molecule has 2 aromatic rings. The Bertz CT molecular complexity index is 1230. The number of amides is 2. The molecule has 0 saturated heterocycles. The third-order valence-corrected chi connectivity index (χ3v) is 5.83. The van der Waals surface area contributed by atoms with Crippen LogP contribution in [0.25, 0.3) is 0 Å². The lowest BCUT2D eigenvalue weighted by Gasteiger charge is -2.18. The van der Waals surface area contributed by atoms with Crippen molar-refractivity contribution in [2.45, 2.75) is 52.3 Å². The van der Waals surface area contributed by atoms with E-state index < -0.39 is 29.7 Å². The van der Waals surface area contributed by atoms with E-state index in [1.807, 2.05) is 13.8 Å². The van der Waals surface area contributed by atoms with E-state index in [4.69, 9.17) is 4.74 Å². The summed E-state index contributed by atoms with van der Waals surface area (Å²) in [6.07, 6.45) is -3.41. The van der Waals surface area contributed by atoms with Crippen LogP contribution in [0.2, 0.25) is 0 Å². The summed E-state index contributed by atoms with van der Waals surface area (Å²) in [6.45, 7) is 6.81. The lowest BCUT2D eigenvalue weighted by atomic mass is 10.0. The molecule has 216 valence electrons. The van der Waals surface area contributed by atoms with Gasteiger partial charge in [-0.1, -0.05) is 26.0 Å². The highest BCUT2D eigenvalue weighted by Crippen LogP contribution is 2.32. The van der Waals surface area contributed by atoms with E-state index in [1.54, 1.807) is 31.2 Å². The van der Waals surface area contributed by atoms with E-state index >= 15 is 0 Å². The number of hydrogen-bond donors (Lipinski definition) is 4. The maximum absolute atomic E-state index is 13.5. The number of carbonyl (C=O) groups is 3. The lowest BCUT2D eigenvalue weighted by molar-refractivity contribution is -0.147. The molecule has 1 unspecified atom stereocenters. The topological polar surface area (TPSA) is 121 Å². The molecule has 0 aliphatic carbocycles. The Balaban J connectivity index is 1.73. The first-order chi connectivity index (χ1) is 18.9. The molecule has 0 bridgehead atoms. The zero-order chi connectivity index (χ0) is 29.3. The average molecular weight is 562 g/mol. The summed E-state index contributed by atoms with van der Waals surface area (Å²) >= 11 is 0. The van der Waals surface area contributed by atoms with Gasteiger partial charge in [-0.15, -0.1) is 0 Å². The van der Waals surface area contributed by atoms with Gasteiger partial charge in [0.15, 0.2) is 5.96 Å². The highest BCUT2D eigenvalue weighted by atomic mass is 19.4. The number of nitrogens with zero attached hydrogens (tertiary/aromatic N) is 1. The first kappa shape index (κ1) is 30.5. The van der Waals surface area contributed by atoms with Crippen molar-refractivity contribution in [2.75, 3.05) is 30.3 Å². The van der Waals surface area contributed by atoms with Crippen LogP contribution in [-0.2, 0) is 26.9 Å². The predicted molar refractivity (Wildman–Crippen MR) is 146 cm³/mol. The van der Waals surface area contributed by atoms with Gasteiger partial charge in [0.25, 0.3) is 5.91 Å². The standard InChI is InChI=1S/C28H34F3N5O4/c1-4-40-26(39)23(36-24(37)12-17(2)3)13-18-6-8-21(9-7-18)34-25(38)19-14-20(28(29,30)31)16-22(15-19)35-27-32-10-5-11-33-27/h6-9,14-17,23H,4-5,10-13H2,1-3H3,(H,34,38)(H,36,37)(H2,32,33,35). The number of hydrogen-bond acceptors (Lipinski definition) is 7. The molecule has 12 heteroatoms. The Hall–Kier alpha value is -4.09. The number of ether oxygens (including phenoxy) is 1. The van der Waals surface area contributed by atoms with Crippen LogP contribution in [0.3, 0.4) is 0 Å². The van der Waals surface area contributed by atoms with Gasteiger partial charge in [-0.25, -0.2) is 4.79 Å². The van der Waals surface area contributed by atoms with Crippen LogP contribution in [-0.4, -0.2) is 49.5 Å². The fourth-order valence-electron chi connectivity index (χ4n) is 3.97. The van der Waals surface area contributed by atoms with Gasteiger partial charge < -0.3 is 26.0 Å². The fraction of sp³-hybridized carbons (Fsp3) is 0.429. The molecule has 1 aliphatic heterocycles. The van der Waals surface area contributed by atoms with Crippen LogP contribution in [0.5, 0.6) is 0 Å². The number of benzene rings is 2. The van der Waals surface area contributed by atoms with Gasteiger partial charge >= 0.3 is 12.1 Å². The molecule has 2 amide bonds. The van der Waals surface area contributed by atoms with Gasteiger partial charge in [0.1, 0.15) is 6.04 Å². The zero-order valence-electron chi connectivity index (χ0n) is 22.7. The van der Waals surface area contributed by atoms with Crippen LogP contribution in [0, 0.1) is 5.92 Å². The second-order valence-corrected chi connectivity index (χ2v) is 9.76. The van der Waals surface area contributed by atoms with Crippen LogP contribution in [0.15, 0.2) is 47.5 Å². The number of nitrogens with one attached hydrogen (secondary N) is 4. The Morgan fingerprint density at radius 1 is 1.07 bits per heavy atom. The first-order valence-electron chi connectivity index (χ1n) is 13.1. The number of anilines is 2. The minimum atomic E-state index is -4.66. The summed E-state index contributed by atoms with van der Waals surface area (Å²) in [5.41, 5.74) is -0.0531. The average Bonchev–Trinajstić information content (AvgIpc) is 2.89. The molecule has 0 fully saturated rings. The monoisotopic (exact) mass is 561 g/mol. The molecule has 0 saturated carbocycles. The van der Waals surface area contributed by atoms with Crippen molar-refractivity contribution in [1.82, 2.24) is 10.6 Å². The number of aliphatic imine (C=N–C) groups is 1. The molecule has 2 aromatic carbocycles. The molecule has 9 nitrogen and oxygen atoms in total. The van der Waals surface area contributed by atoms with Crippen molar-refractivity contribution in [3.05, 3.63) is 59.2 Å². The van der Waals surface area contributed by atoms with Gasteiger partial charge in [-0.3, -0.25) is 14.6 Å². The maximum Gasteiger partial charge on any atom is 0.416 e. The van der Waals surface area contributed by atoms with E-state index in [0.717, 1.165) is 18.6 Å². The summed E-state index contributed by atoms with van der Waals surface area (Å²) in [5, 5.41) is 11.1. The number of carbonyl (C=O) groups excluding carboxylic acids is 3. The molecule has 0 aromatic heterocycles. The van der Waals surface area contributed by atoms with Gasteiger partial charge in [-0.05, 0) is 55.2 Å². The normalized spacial score (nSPS) is 14.0. The van der Waals surface area contributed by atoms with Crippen LogP contribution < -0.4 is 21.3 Å². The molecular weight excluding hydrogens is 527 g/mol. The van der Waals surface area contributed by atoms with Crippen molar-refractivity contribution < 1.29 is 32.3 Å². The van der Waals surface area contributed by atoms with E-state index in [-0.39, 0.29) is 42.5 Å². The van der Waals surface area contributed by atoms with Crippen molar-refractivity contribution in [3.8, 4) is 0 Å². The van der Waals surface area contributed by atoms with E-state index in [0.29, 0.717) is 30.3 Å². The number of guanidine groups is 1. The van der Waals surface area contributed by atoms with Crippen molar-refractivity contribution in [3.63, 3.8) is 0 Å². The maximum atomic E-state index is 13.5. The molecule has 3 rings (SSSR count). The Morgan fingerprint density at radius 3 is 2.40 bits per heavy atom.